The number of hydrogen-bond acceptors (Lipinski definition) is 2. The van der Waals surface area contributed by atoms with Crippen LogP contribution in [0.15, 0.2) is 48.5 Å². The van der Waals surface area contributed by atoms with Crippen molar-refractivity contribution in [3.63, 3.8) is 0 Å². The van der Waals surface area contributed by atoms with Crippen LogP contribution in [0.5, 0.6) is 11.5 Å². The van der Waals surface area contributed by atoms with E-state index in [9.17, 15) is 5.11 Å². The summed E-state index contributed by atoms with van der Waals surface area (Å²) in [4.78, 5) is 0. The van der Waals surface area contributed by atoms with E-state index in [1.165, 1.54) is 50.5 Å². The van der Waals surface area contributed by atoms with Gasteiger partial charge in [-0.15, -0.1) is 0 Å². The van der Waals surface area contributed by atoms with Crippen molar-refractivity contribution < 1.29 is 9.84 Å². The Morgan fingerprint density at radius 3 is 2.03 bits per heavy atom. The number of rotatable bonds is 11. The highest BCUT2D eigenvalue weighted by Gasteiger charge is 2.48. The van der Waals surface area contributed by atoms with Gasteiger partial charge in [0, 0.05) is 23.0 Å². The normalized spacial score (nSPS) is 23.0. The van der Waals surface area contributed by atoms with Gasteiger partial charge in [-0.3, -0.25) is 0 Å². The van der Waals surface area contributed by atoms with Crippen molar-refractivity contribution in [1.82, 2.24) is 0 Å². The van der Waals surface area contributed by atoms with Gasteiger partial charge in [-0.2, -0.15) is 0 Å². The van der Waals surface area contributed by atoms with Gasteiger partial charge in [-0.1, -0.05) is 102 Å². The van der Waals surface area contributed by atoms with Crippen molar-refractivity contribution in [2.45, 2.75) is 102 Å². The smallest absolute Gasteiger partial charge is 0.138 e. The Morgan fingerprint density at radius 1 is 0.767 bits per heavy atom. The minimum absolute atomic E-state index is 0.0512. The molecule has 0 aromatic heterocycles. The molecule has 164 valence electrons. The van der Waals surface area contributed by atoms with Gasteiger partial charge in [0.25, 0.3) is 0 Å². The van der Waals surface area contributed by atoms with Gasteiger partial charge in [0.05, 0.1) is 0 Å². The van der Waals surface area contributed by atoms with Crippen LogP contribution in [-0.4, -0.2) is 5.11 Å². The molecule has 1 aliphatic heterocycles. The molecule has 1 N–H and O–H groups in total. The van der Waals surface area contributed by atoms with Crippen LogP contribution in [0.1, 0.15) is 103 Å². The number of hydrogen-bond donors (Lipinski definition) is 1. The lowest BCUT2D eigenvalue weighted by Gasteiger charge is -2.48. The number of aromatic hydroxyl groups is 1. The summed E-state index contributed by atoms with van der Waals surface area (Å²) in [6.45, 7) is 6.94. The first-order valence-electron chi connectivity index (χ1n) is 12.1. The molecule has 2 aromatic rings. The third-order valence-corrected chi connectivity index (χ3v) is 6.93. The Balaban J connectivity index is 1.98. The van der Waals surface area contributed by atoms with Crippen LogP contribution >= 0.6 is 0 Å². The summed E-state index contributed by atoms with van der Waals surface area (Å²) >= 11 is 0. The van der Waals surface area contributed by atoms with E-state index >= 15 is 0 Å². The minimum Gasteiger partial charge on any atom is -0.508 e. The minimum atomic E-state index is -0.465. The van der Waals surface area contributed by atoms with Gasteiger partial charge in [0.2, 0.25) is 0 Å². The summed E-state index contributed by atoms with van der Waals surface area (Å²) in [6.07, 6.45) is 12.9. The predicted octanol–water partition coefficient (Wildman–Crippen LogP) is 8.27. The van der Waals surface area contributed by atoms with Gasteiger partial charge in [0.15, 0.2) is 0 Å². The first-order valence-corrected chi connectivity index (χ1v) is 12.1. The lowest BCUT2D eigenvalue weighted by atomic mass is 9.65. The van der Waals surface area contributed by atoms with E-state index in [-0.39, 0.29) is 5.41 Å². The Labute approximate surface area is 183 Å². The summed E-state index contributed by atoms with van der Waals surface area (Å²) in [5, 5.41) is 10.8. The predicted molar refractivity (Wildman–Crippen MR) is 126 cm³/mol. The molecule has 0 bridgehead atoms. The number of phenols is 1. The first-order chi connectivity index (χ1) is 14.5. The maximum Gasteiger partial charge on any atom is 0.138 e. The summed E-state index contributed by atoms with van der Waals surface area (Å²) in [5.41, 5.74) is 1.87. The van der Waals surface area contributed by atoms with Crippen LogP contribution < -0.4 is 4.74 Å². The Morgan fingerprint density at radius 2 is 1.37 bits per heavy atom. The van der Waals surface area contributed by atoms with E-state index < -0.39 is 5.60 Å². The molecule has 0 saturated carbocycles. The van der Waals surface area contributed by atoms with Crippen molar-refractivity contribution in [1.29, 1.82) is 0 Å². The second-order valence-corrected chi connectivity index (χ2v) is 9.47. The van der Waals surface area contributed by atoms with Crippen LogP contribution in [0.3, 0.4) is 0 Å². The van der Waals surface area contributed by atoms with E-state index in [1.54, 1.807) is 0 Å². The number of fused-ring (bicyclic) bond motifs is 1. The topological polar surface area (TPSA) is 29.5 Å². The zero-order valence-electron chi connectivity index (χ0n) is 19.3. The monoisotopic (exact) mass is 408 g/mol. The maximum absolute atomic E-state index is 10.8. The summed E-state index contributed by atoms with van der Waals surface area (Å²) in [6, 6.07) is 16.4. The van der Waals surface area contributed by atoms with Crippen molar-refractivity contribution >= 4 is 0 Å². The van der Waals surface area contributed by atoms with Crippen molar-refractivity contribution in [3.05, 3.63) is 59.7 Å². The number of ether oxygens (including phenoxy) is 1. The van der Waals surface area contributed by atoms with Crippen molar-refractivity contribution in [3.8, 4) is 11.5 Å². The third-order valence-electron chi connectivity index (χ3n) is 6.93. The van der Waals surface area contributed by atoms with Gasteiger partial charge < -0.3 is 9.84 Å². The fourth-order valence-electron chi connectivity index (χ4n) is 5.31. The molecule has 1 heterocycles. The molecule has 2 unspecified atom stereocenters. The quantitative estimate of drug-likeness (QED) is 0.379. The molecule has 0 fully saturated rings. The standard InChI is InChI=1S/C28H40O2/c1-4-6-8-14-20-27(3)22-28(21-15-9-7-5-2,23-16-10-12-18-25(23)29)30-26-19-13-11-17-24(26)27/h10-13,16-19,29H,4-9,14-15,20-22H2,1-3H3. The Hall–Kier alpha value is -1.96. The molecule has 2 heteroatoms. The lowest BCUT2D eigenvalue weighted by molar-refractivity contribution is -0.00351. The molecule has 0 amide bonds. The van der Waals surface area contributed by atoms with Gasteiger partial charge in [-0.05, 0) is 31.4 Å². The first kappa shape index (κ1) is 22.7. The molecule has 0 spiro atoms. The van der Waals surface area contributed by atoms with Crippen LogP contribution in [0.2, 0.25) is 0 Å². The number of unbranched alkanes of at least 4 members (excludes halogenated alkanes) is 6. The fourth-order valence-corrected chi connectivity index (χ4v) is 5.31. The van der Waals surface area contributed by atoms with Crippen LogP contribution in [0, 0.1) is 0 Å². The summed E-state index contributed by atoms with van der Waals surface area (Å²) in [5.74, 6) is 1.36. The van der Waals surface area contributed by atoms with Gasteiger partial charge in [-0.25, -0.2) is 0 Å². The molecule has 30 heavy (non-hydrogen) atoms. The second kappa shape index (κ2) is 10.4. The van der Waals surface area contributed by atoms with Crippen LogP contribution in [0.25, 0.3) is 0 Å². The summed E-state index contributed by atoms with van der Waals surface area (Å²) < 4.78 is 6.83. The Kier molecular flexibility index (Phi) is 7.86. The molecular weight excluding hydrogens is 368 g/mol. The zero-order valence-corrected chi connectivity index (χ0v) is 19.3. The molecule has 0 aliphatic carbocycles. The third kappa shape index (κ3) is 5.02. The average Bonchev–Trinajstić information content (AvgIpc) is 2.75. The molecule has 1 aliphatic rings. The van der Waals surface area contributed by atoms with E-state index in [4.69, 9.17) is 4.74 Å². The number of para-hydroxylation sites is 2. The molecule has 0 saturated heterocycles. The van der Waals surface area contributed by atoms with Crippen LogP contribution in [-0.2, 0) is 11.0 Å². The van der Waals surface area contributed by atoms with E-state index in [0.29, 0.717) is 5.75 Å². The maximum atomic E-state index is 10.8. The highest BCUT2D eigenvalue weighted by molar-refractivity contribution is 5.47. The SMILES string of the molecule is CCCCCCC1(C)CC(CCCCCC)(c2ccccc2O)Oc2ccccc21. The summed E-state index contributed by atoms with van der Waals surface area (Å²) in [7, 11) is 0. The lowest BCUT2D eigenvalue weighted by Crippen LogP contribution is -2.45. The van der Waals surface area contributed by atoms with Crippen molar-refractivity contribution in [2.75, 3.05) is 0 Å². The van der Waals surface area contributed by atoms with Gasteiger partial charge in [0.1, 0.15) is 17.1 Å². The molecular formula is C28H40O2. The highest BCUT2D eigenvalue weighted by atomic mass is 16.5. The Bertz CT molecular complexity index is 799. The highest BCUT2D eigenvalue weighted by Crippen LogP contribution is 2.54. The fraction of sp³-hybridized carbons (Fsp3) is 0.571. The largest absolute Gasteiger partial charge is 0.508 e. The van der Waals surface area contributed by atoms with E-state index in [1.807, 2.05) is 18.2 Å². The molecule has 2 nitrogen and oxygen atoms in total. The van der Waals surface area contributed by atoms with Crippen molar-refractivity contribution in [2.24, 2.45) is 0 Å². The zero-order chi connectivity index (χ0) is 21.5. The second-order valence-electron chi connectivity index (χ2n) is 9.47. The molecule has 0 radical (unpaired) electrons. The number of phenolic OH excluding ortho intramolecular Hbond substituents is 1. The molecule has 3 rings (SSSR count). The number of benzene rings is 2. The van der Waals surface area contributed by atoms with Gasteiger partial charge >= 0.3 is 0 Å². The molecule has 2 aromatic carbocycles. The van der Waals surface area contributed by atoms with E-state index in [2.05, 4.69) is 51.1 Å². The van der Waals surface area contributed by atoms with E-state index in [0.717, 1.165) is 37.0 Å². The molecule has 2 atom stereocenters. The van der Waals surface area contributed by atoms with Crippen LogP contribution in [0.4, 0.5) is 0 Å². The average molecular weight is 409 g/mol.